The molecule has 0 aliphatic rings. The van der Waals surface area contributed by atoms with Crippen molar-refractivity contribution in [2.75, 3.05) is 5.32 Å². The fourth-order valence-corrected chi connectivity index (χ4v) is 2.32. The van der Waals surface area contributed by atoms with Crippen molar-refractivity contribution in [2.24, 2.45) is 0 Å². The highest BCUT2D eigenvalue weighted by Crippen LogP contribution is 2.30. The SMILES string of the molecule is CC(C)(C)OC(=O)Nc1ccccc1CSC(C)(C)C. The molecule has 0 radical (unpaired) electrons. The fraction of sp³-hybridized carbons (Fsp3) is 0.562. The highest BCUT2D eigenvalue weighted by molar-refractivity contribution is 7.99. The summed E-state index contributed by atoms with van der Waals surface area (Å²) in [6.45, 7) is 12.1. The van der Waals surface area contributed by atoms with Gasteiger partial charge in [0.2, 0.25) is 0 Å². The second-order valence-electron chi connectivity index (χ2n) is 6.69. The molecule has 0 unspecified atom stereocenters. The molecule has 112 valence electrons. The number of thioether (sulfide) groups is 1. The average molecular weight is 295 g/mol. The van der Waals surface area contributed by atoms with Crippen LogP contribution in [0.15, 0.2) is 24.3 Å². The molecule has 1 aromatic carbocycles. The number of benzene rings is 1. The molecule has 1 aromatic rings. The quantitative estimate of drug-likeness (QED) is 0.846. The average Bonchev–Trinajstić information content (AvgIpc) is 2.24. The summed E-state index contributed by atoms with van der Waals surface area (Å²) in [7, 11) is 0. The third-order valence-electron chi connectivity index (χ3n) is 2.31. The molecule has 0 aliphatic heterocycles. The highest BCUT2D eigenvalue weighted by atomic mass is 32.2. The molecule has 1 N–H and O–H groups in total. The molecule has 0 aromatic heterocycles. The highest BCUT2D eigenvalue weighted by Gasteiger charge is 2.18. The number of carbonyl (C=O) groups is 1. The summed E-state index contributed by atoms with van der Waals surface area (Å²) < 4.78 is 5.48. The van der Waals surface area contributed by atoms with Crippen LogP contribution in [0.25, 0.3) is 0 Å². The Kier molecular flexibility index (Phi) is 5.51. The zero-order valence-electron chi connectivity index (χ0n) is 13.2. The second-order valence-corrected chi connectivity index (χ2v) is 8.49. The van der Waals surface area contributed by atoms with Crippen LogP contribution in [0.4, 0.5) is 10.5 Å². The van der Waals surface area contributed by atoms with E-state index in [-0.39, 0.29) is 4.75 Å². The maximum Gasteiger partial charge on any atom is 0.412 e. The van der Waals surface area contributed by atoms with Crippen LogP contribution < -0.4 is 5.32 Å². The molecule has 0 spiro atoms. The molecule has 0 heterocycles. The van der Waals surface area contributed by atoms with Crippen molar-refractivity contribution in [3.63, 3.8) is 0 Å². The molecule has 0 fully saturated rings. The summed E-state index contributed by atoms with van der Waals surface area (Å²) in [6.07, 6.45) is -0.411. The summed E-state index contributed by atoms with van der Waals surface area (Å²) in [5, 5.41) is 2.83. The topological polar surface area (TPSA) is 38.3 Å². The summed E-state index contributed by atoms with van der Waals surface area (Å²) in [5.41, 5.74) is 1.44. The molecule has 3 nitrogen and oxygen atoms in total. The lowest BCUT2D eigenvalue weighted by Crippen LogP contribution is -2.27. The van der Waals surface area contributed by atoms with Crippen molar-refractivity contribution >= 4 is 23.5 Å². The maximum absolute atomic E-state index is 11.8. The number of para-hydroxylation sites is 1. The van der Waals surface area contributed by atoms with Gasteiger partial charge in [-0.3, -0.25) is 5.32 Å². The zero-order valence-corrected chi connectivity index (χ0v) is 14.1. The van der Waals surface area contributed by atoms with Crippen LogP contribution in [-0.4, -0.2) is 16.4 Å². The fourth-order valence-electron chi connectivity index (χ4n) is 1.48. The van der Waals surface area contributed by atoms with E-state index in [1.54, 1.807) is 0 Å². The smallest absolute Gasteiger partial charge is 0.412 e. The first-order chi connectivity index (χ1) is 9.07. The third-order valence-corrected chi connectivity index (χ3v) is 3.64. The number of hydrogen-bond donors (Lipinski definition) is 1. The van der Waals surface area contributed by atoms with Gasteiger partial charge in [-0.15, -0.1) is 0 Å². The Balaban J connectivity index is 2.73. The number of hydrogen-bond acceptors (Lipinski definition) is 3. The largest absolute Gasteiger partial charge is 0.444 e. The molecule has 0 aliphatic carbocycles. The molecular weight excluding hydrogens is 270 g/mol. The second kappa shape index (κ2) is 6.53. The third kappa shape index (κ3) is 6.85. The first-order valence-electron chi connectivity index (χ1n) is 6.79. The summed E-state index contributed by atoms with van der Waals surface area (Å²) >= 11 is 1.85. The van der Waals surface area contributed by atoms with Gasteiger partial charge in [0, 0.05) is 16.2 Å². The van der Waals surface area contributed by atoms with Gasteiger partial charge in [-0.1, -0.05) is 39.0 Å². The van der Waals surface area contributed by atoms with Crippen LogP contribution in [0.2, 0.25) is 0 Å². The minimum absolute atomic E-state index is 0.193. The number of nitrogens with one attached hydrogen (secondary N) is 1. The van der Waals surface area contributed by atoms with Crippen LogP contribution >= 0.6 is 11.8 Å². The minimum atomic E-state index is -0.487. The van der Waals surface area contributed by atoms with Gasteiger partial charge in [-0.05, 0) is 32.4 Å². The number of amides is 1. The van der Waals surface area contributed by atoms with Crippen molar-refractivity contribution in [1.29, 1.82) is 0 Å². The van der Waals surface area contributed by atoms with Gasteiger partial charge >= 0.3 is 6.09 Å². The van der Waals surface area contributed by atoms with Gasteiger partial charge in [0.25, 0.3) is 0 Å². The van der Waals surface area contributed by atoms with Crippen LogP contribution in [0.1, 0.15) is 47.1 Å². The first kappa shape index (κ1) is 16.9. The molecule has 20 heavy (non-hydrogen) atoms. The Bertz CT molecular complexity index is 458. The monoisotopic (exact) mass is 295 g/mol. The van der Waals surface area contributed by atoms with Crippen LogP contribution in [-0.2, 0) is 10.5 Å². The van der Waals surface area contributed by atoms with Crippen LogP contribution in [0.5, 0.6) is 0 Å². The van der Waals surface area contributed by atoms with E-state index in [1.807, 2.05) is 56.8 Å². The van der Waals surface area contributed by atoms with E-state index in [2.05, 4.69) is 26.1 Å². The van der Waals surface area contributed by atoms with E-state index >= 15 is 0 Å². The molecule has 4 heteroatoms. The Morgan fingerprint density at radius 3 is 2.30 bits per heavy atom. The van der Waals surface area contributed by atoms with E-state index in [4.69, 9.17) is 4.74 Å². The Labute approximate surface area is 126 Å². The van der Waals surface area contributed by atoms with Gasteiger partial charge < -0.3 is 4.74 Å². The van der Waals surface area contributed by atoms with Crippen molar-refractivity contribution in [1.82, 2.24) is 0 Å². The molecule has 0 saturated carbocycles. The van der Waals surface area contributed by atoms with Gasteiger partial charge in [0.05, 0.1) is 0 Å². The Morgan fingerprint density at radius 1 is 1.15 bits per heavy atom. The van der Waals surface area contributed by atoms with Crippen molar-refractivity contribution in [2.45, 2.75) is 57.6 Å². The lowest BCUT2D eigenvalue weighted by Gasteiger charge is -2.21. The lowest BCUT2D eigenvalue weighted by atomic mass is 10.2. The predicted molar refractivity (Wildman–Crippen MR) is 87.3 cm³/mol. The minimum Gasteiger partial charge on any atom is -0.444 e. The summed E-state index contributed by atoms with van der Waals surface area (Å²) in [5.74, 6) is 0.857. The molecule has 0 saturated heterocycles. The van der Waals surface area contributed by atoms with Gasteiger partial charge in [-0.2, -0.15) is 11.8 Å². The normalized spacial score (nSPS) is 12.1. The standard InChI is InChI=1S/C16H25NO2S/c1-15(2,3)19-14(18)17-13-10-8-7-9-12(13)11-20-16(4,5)6/h7-10H,11H2,1-6H3,(H,17,18). The predicted octanol–water partition coefficient (Wildman–Crippen LogP) is 5.07. The van der Waals surface area contributed by atoms with Crippen molar-refractivity contribution in [3.8, 4) is 0 Å². The van der Waals surface area contributed by atoms with E-state index in [0.717, 1.165) is 17.0 Å². The van der Waals surface area contributed by atoms with Crippen LogP contribution in [0.3, 0.4) is 0 Å². The van der Waals surface area contributed by atoms with Crippen molar-refractivity contribution < 1.29 is 9.53 Å². The molecule has 0 atom stereocenters. The van der Waals surface area contributed by atoms with Gasteiger partial charge in [0.15, 0.2) is 0 Å². The molecular formula is C16H25NO2S. The van der Waals surface area contributed by atoms with Gasteiger partial charge in [-0.25, -0.2) is 4.79 Å². The van der Waals surface area contributed by atoms with Gasteiger partial charge in [0.1, 0.15) is 5.60 Å². The molecule has 1 rings (SSSR count). The van der Waals surface area contributed by atoms with E-state index in [1.165, 1.54) is 0 Å². The van der Waals surface area contributed by atoms with Crippen molar-refractivity contribution in [3.05, 3.63) is 29.8 Å². The lowest BCUT2D eigenvalue weighted by molar-refractivity contribution is 0.0636. The summed E-state index contributed by atoms with van der Waals surface area (Å²) in [6, 6.07) is 7.84. The first-order valence-corrected chi connectivity index (χ1v) is 7.77. The zero-order chi connectivity index (χ0) is 15.4. The number of rotatable bonds is 3. The number of ether oxygens (including phenoxy) is 1. The van der Waals surface area contributed by atoms with E-state index < -0.39 is 11.7 Å². The Hall–Kier alpha value is -1.16. The van der Waals surface area contributed by atoms with E-state index in [9.17, 15) is 4.79 Å². The Morgan fingerprint density at radius 2 is 1.75 bits per heavy atom. The van der Waals surface area contributed by atoms with E-state index in [0.29, 0.717) is 0 Å². The van der Waals surface area contributed by atoms with Crippen LogP contribution in [0, 0.1) is 0 Å². The number of carbonyl (C=O) groups excluding carboxylic acids is 1. The summed E-state index contributed by atoms with van der Waals surface area (Å²) in [4.78, 5) is 11.8. The maximum atomic E-state index is 11.8. The molecule has 0 bridgehead atoms. The molecule has 1 amide bonds. The number of anilines is 1.